The molecule has 4 N–H and O–H groups in total. The van der Waals surface area contributed by atoms with Gasteiger partial charge < -0.3 is 20.0 Å². The van der Waals surface area contributed by atoms with Crippen molar-refractivity contribution in [3.63, 3.8) is 0 Å². The number of hydrogen-bond donors (Lipinski definition) is 3. The highest BCUT2D eigenvalue weighted by atomic mass is 32.2. The zero-order chi connectivity index (χ0) is 17.6. The van der Waals surface area contributed by atoms with Crippen LogP contribution in [0.15, 0.2) is 27.4 Å². The van der Waals surface area contributed by atoms with Gasteiger partial charge in [0, 0.05) is 10.8 Å². The minimum Gasteiger partial charge on any atom is -0.497 e. The normalized spacial score (nSPS) is 22.6. The molecule has 24 heavy (non-hydrogen) atoms. The Balaban J connectivity index is 2.11. The molecule has 1 aromatic carbocycles. The third kappa shape index (κ3) is 2.61. The molecule has 1 aliphatic rings. The highest BCUT2D eigenvalue weighted by molar-refractivity contribution is 8.01. The molecule has 2 atom stereocenters. The third-order valence-electron chi connectivity index (χ3n) is 4.11. The van der Waals surface area contributed by atoms with Crippen LogP contribution >= 0.6 is 11.8 Å². The Morgan fingerprint density at radius 3 is 2.75 bits per heavy atom. The zero-order valence-corrected chi connectivity index (χ0v) is 14.3. The lowest BCUT2D eigenvalue weighted by atomic mass is 10.0. The van der Waals surface area contributed by atoms with Crippen molar-refractivity contribution in [3.8, 4) is 5.75 Å². The predicted molar refractivity (Wildman–Crippen MR) is 92.4 cm³/mol. The van der Waals surface area contributed by atoms with Crippen molar-refractivity contribution in [3.05, 3.63) is 34.0 Å². The summed E-state index contributed by atoms with van der Waals surface area (Å²) in [4.78, 5) is 24.3. The van der Waals surface area contributed by atoms with E-state index in [-0.39, 0.29) is 16.9 Å². The maximum absolute atomic E-state index is 12.8. The van der Waals surface area contributed by atoms with E-state index in [4.69, 9.17) is 14.9 Å². The van der Waals surface area contributed by atoms with Crippen LogP contribution in [0.25, 0.3) is 11.0 Å². The number of anilines is 1. The summed E-state index contributed by atoms with van der Waals surface area (Å²) < 4.78 is 10.1. The Morgan fingerprint density at radius 2 is 2.17 bits per heavy atom. The molecular formula is C16H18N2O5S. The van der Waals surface area contributed by atoms with Gasteiger partial charge in [0.2, 0.25) is 11.3 Å². The first-order valence-corrected chi connectivity index (χ1v) is 8.19. The standard InChI is InChI=1S/C16H18N2O5S/c1-16(2)12(15(20)21)18-14(24-16)10-11(19)8-5-4-7(22-3)6-9(8)23-13(10)17/h4-6,12,14,18H,17H2,1-3H3,(H,20,21). The van der Waals surface area contributed by atoms with Gasteiger partial charge in [-0.3, -0.25) is 14.9 Å². The molecule has 0 radical (unpaired) electrons. The summed E-state index contributed by atoms with van der Waals surface area (Å²) in [5.41, 5.74) is 6.26. The number of carboxylic acids is 1. The van der Waals surface area contributed by atoms with Gasteiger partial charge >= 0.3 is 5.97 Å². The predicted octanol–water partition coefficient (Wildman–Crippen LogP) is 1.95. The number of carboxylic acid groups (broad SMARTS) is 1. The van der Waals surface area contributed by atoms with E-state index in [9.17, 15) is 14.7 Å². The van der Waals surface area contributed by atoms with Crippen molar-refractivity contribution in [1.29, 1.82) is 0 Å². The van der Waals surface area contributed by atoms with Crippen LogP contribution in [-0.4, -0.2) is 29.0 Å². The molecule has 2 unspecified atom stereocenters. The fourth-order valence-electron chi connectivity index (χ4n) is 2.85. The van der Waals surface area contributed by atoms with Gasteiger partial charge in [0.15, 0.2) is 0 Å². The summed E-state index contributed by atoms with van der Waals surface area (Å²) in [6.45, 7) is 3.63. The number of hydrogen-bond acceptors (Lipinski definition) is 7. The third-order valence-corrected chi connectivity index (χ3v) is 5.56. The maximum atomic E-state index is 12.8. The average Bonchev–Trinajstić information content (AvgIpc) is 2.82. The molecular weight excluding hydrogens is 332 g/mol. The van der Waals surface area contributed by atoms with Crippen molar-refractivity contribution in [2.45, 2.75) is 30.0 Å². The molecule has 0 amide bonds. The van der Waals surface area contributed by atoms with Crippen molar-refractivity contribution >= 4 is 34.6 Å². The summed E-state index contributed by atoms with van der Waals surface area (Å²) in [6, 6.07) is 4.08. The van der Waals surface area contributed by atoms with Crippen LogP contribution < -0.4 is 21.2 Å². The fraction of sp³-hybridized carbons (Fsp3) is 0.375. The number of carbonyl (C=O) groups is 1. The molecule has 3 rings (SSSR count). The first-order chi connectivity index (χ1) is 11.2. The first-order valence-electron chi connectivity index (χ1n) is 7.31. The molecule has 0 aliphatic carbocycles. The number of nitrogen functional groups attached to an aromatic ring is 1. The molecule has 2 heterocycles. The molecule has 1 aromatic heterocycles. The molecule has 2 aromatic rings. The molecule has 0 saturated carbocycles. The lowest BCUT2D eigenvalue weighted by Gasteiger charge is -2.20. The van der Waals surface area contributed by atoms with Crippen molar-refractivity contribution < 1.29 is 19.1 Å². The second-order valence-electron chi connectivity index (χ2n) is 6.11. The highest BCUT2D eigenvalue weighted by Crippen LogP contribution is 2.46. The first kappa shape index (κ1) is 16.7. The number of thioether (sulfide) groups is 1. The van der Waals surface area contributed by atoms with E-state index in [1.54, 1.807) is 18.2 Å². The number of aliphatic carboxylic acids is 1. The Morgan fingerprint density at radius 1 is 1.46 bits per heavy atom. The average molecular weight is 350 g/mol. The van der Waals surface area contributed by atoms with Gasteiger partial charge in [-0.15, -0.1) is 11.8 Å². The molecule has 0 spiro atoms. The van der Waals surface area contributed by atoms with Crippen LogP contribution in [0.1, 0.15) is 24.8 Å². The van der Waals surface area contributed by atoms with E-state index in [0.29, 0.717) is 16.7 Å². The highest BCUT2D eigenvalue weighted by Gasteiger charge is 2.47. The number of nitrogens with one attached hydrogen (secondary N) is 1. The van der Waals surface area contributed by atoms with Crippen LogP contribution in [0.2, 0.25) is 0 Å². The smallest absolute Gasteiger partial charge is 0.322 e. The molecule has 0 bridgehead atoms. The summed E-state index contributed by atoms with van der Waals surface area (Å²) in [5, 5.41) is 12.1. The van der Waals surface area contributed by atoms with E-state index in [1.165, 1.54) is 18.9 Å². The van der Waals surface area contributed by atoms with Crippen molar-refractivity contribution in [1.82, 2.24) is 5.32 Å². The Bertz CT molecular complexity index is 877. The lowest BCUT2D eigenvalue weighted by Crippen LogP contribution is -2.44. The van der Waals surface area contributed by atoms with Crippen LogP contribution in [0.4, 0.5) is 5.88 Å². The Labute approximate surface area is 142 Å². The number of rotatable bonds is 3. The van der Waals surface area contributed by atoms with Gasteiger partial charge in [-0.05, 0) is 26.0 Å². The Hall–Kier alpha value is -2.19. The second kappa shape index (κ2) is 5.71. The van der Waals surface area contributed by atoms with Crippen LogP contribution in [0.5, 0.6) is 5.75 Å². The maximum Gasteiger partial charge on any atom is 0.322 e. The van der Waals surface area contributed by atoms with E-state index < -0.39 is 22.1 Å². The van der Waals surface area contributed by atoms with E-state index >= 15 is 0 Å². The quantitative estimate of drug-likeness (QED) is 0.769. The molecule has 1 aliphatic heterocycles. The summed E-state index contributed by atoms with van der Waals surface area (Å²) in [7, 11) is 1.52. The monoisotopic (exact) mass is 350 g/mol. The number of nitrogens with two attached hydrogens (primary N) is 1. The van der Waals surface area contributed by atoms with Crippen LogP contribution in [0.3, 0.4) is 0 Å². The van der Waals surface area contributed by atoms with Crippen LogP contribution in [-0.2, 0) is 4.79 Å². The summed E-state index contributed by atoms with van der Waals surface area (Å²) in [6.07, 6.45) is 0. The second-order valence-corrected chi connectivity index (χ2v) is 7.87. The summed E-state index contributed by atoms with van der Waals surface area (Å²) in [5.74, 6) is -0.436. The minimum absolute atomic E-state index is 0.0207. The lowest BCUT2D eigenvalue weighted by molar-refractivity contribution is -0.139. The van der Waals surface area contributed by atoms with Gasteiger partial charge in [0.1, 0.15) is 17.4 Å². The minimum atomic E-state index is -0.969. The van der Waals surface area contributed by atoms with Gasteiger partial charge in [0.05, 0.1) is 23.4 Å². The van der Waals surface area contributed by atoms with E-state index in [1.807, 2.05) is 13.8 Å². The SMILES string of the molecule is COc1ccc2c(=O)c(C3NC(C(=O)O)C(C)(C)S3)c(N)oc2c1. The van der Waals surface area contributed by atoms with Gasteiger partial charge in [-0.25, -0.2) is 0 Å². The van der Waals surface area contributed by atoms with Gasteiger partial charge in [0.25, 0.3) is 0 Å². The van der Waals surface area contributed by atoms with E-state index in [0.717, 1.165) is 0 Å². The number of fused-ring (bicyclic) bond motifs is 1. The van der Waals surface area contributed by atoms with Crippen LogP contribution in [0, 0.1) is 0 Å². The molecule has 1 saturated heterocycles. The van der Waals surface area contributed by atoms with Gasteiger partial charge in [-0.2, -0.15) is 0 Å². The molecule has 1 fully saturated rings. The number of benzene rings is 1. The fourth-order valence-corrected chi connectivity index (χ4v) is 4.31. The Kier molecular flexibility index (Phi) is 3.97. The largest absolute Gasteiger partial charge is 0.497 e. The number of ether oxygens (including phenoxy) is 1. The van der Waals surface area contributed by atoms with E-state index in [2.05, 4.69) is 5.32 Å². The molecule has 128 valence electrons. The van der Waals surface area contributed by atoms with Crippen molar-refractivity contribution in [2.24, 2.45) is 0 Å². The van der Waals surface area contributed by atoms with Crippen molar-refractivity contribution in [2.75, 3.05) is 12.8 Å². The zero-order valence-electron chi connectivity index (χ0n) is 13.5. The molecule has 8 heteroatoms. The molecule has 7 nitrogen and oxygen atoms in total. The summed E-state index contributed by atoms with van der Waals surface area (Å²) >= 11 is 1.35. The van der Waals surface area contributed by atoms with Gasteiger partial charge in [-0.1, -0.05) is 0 Å². The topological polar surface area (TPSA) is 115 Å². The number of methoxy groups -OCH3 is 1.